The molecule has 4 rings (SSSR count). The van der Waals surface area contributed by atoms with Crippen LogP contribution in [0.25, 0.3) is 0 Å². The van der Waals surface area contributed by atoms with E-state index in [2.05, 4.69) is 5.32 Å². The second-order valence-corrected chi connectivity index (χ2v) is 10.8. The van der Waals surface area contributed by atoms with Crippen molar-refractivity contribution in [1.29, 1.82) is 0 Å². The Bertz CT molecular complexity index is 1420. The van der Waals surface area contributed by atoms with Gasteiger partial charge in [-0.3, -0.25) is 13.9 Å². The topological polar surface area (TPSA) is 105 Å². The van der Waals surface area contributed by atoms with Crippen molar-refractivity contribution in [2.45, 2.75) is 31.2 Å². The van der Waals surface area contributed by atoms with Gasteiger partial charge in [-0.25, -0.2) is 8.42 Å². The Morgan fingerprint density at radius 3 is 2.39 bits per heavy atom. The van der Waals surface area contributed by atoms with Gasteiger partial charge in [0.25, 0.3) is 10.0 Å². The number of hydrogen-bond acceptors (Lipinski definition) is 6. The maximum atomic E-state index is 13.7. The number of amides is 2. The van der Waals surface area contributed by atoms with Crippen LogP contribution in [0, 0.1) is 6.92 Å². The predicted molar refractivity (Wildman–Crippen MR) is 145 cm³/mol. The Balaban J connectivity index is 1.57. The molecular formula is C28H31N3O6S. The number of sulfonamides is 1. The van der Waals surface area contributed by atoms with Crippen molar-refractivity contribution in [2.24, 2.45) is 0 Å². The Hall–Kier alpha value is -4.05. The molecule has 0 radical (unpaired) electrons. The predicted octanol–water partition coefficient (Wildman–Crippen LogP) is 3.65. The van der Waals surface area contributed by atoms with E-state index in [4.69, 9.17) is 9.47 Å². The van der Waals surface area contributed by atoms with Crippen LogP contribution in [0.15, 0.2) is 71.6 Å². The van der Waals surface area contributed by atoms with E-state index in [0.29, 0.717) is 24.5 Å². The standard InChI is InChI=1S/C28H31N3O6S/c1-20-9-12-24(13-10-20)38(34,35)31(23-11-14-25(36-2)26(17-23)37-3)19-27(32)29-18-21-6-4-7-22(16-21)30-15-5-8-28(30)33/h4,6-7,9-14,16-17H,5,8,15,18-19H2,1-3H3,(H,29,32). The third-order valence-electron chi connectivity index (χ3n) is 6.34. The zero-order valence-electron chi connectivity index (χ0n) is 21.6. The summed E-state index contributed by atoms with van der Waals surface area (Å²) in [5.74, 6) is 0.365. The summed E-state index contributed by atoms with van der Waals surface area (Å²) in [4.78, 5) is 27.0. The molecule has 0 atom stereocenters. The van der Waals surface area contributed by atoms with Gasteiger partial charge < -0.3 is 19.7 Å². The zero-order valence-corrected chi connectivity index (χ0v) is 22.5. The summed E-state index contributed by atoms with van der Waals surface area (Å²) in [5.41, 5.74) is 2.76. The van der Waals surface area contributed by atoms with E-state index in [0.717, 1.165) is 27.5 Å². The lowest BCUT2D eigenvalue weighted by Gasteiger charge is -2.25. The molecule has 1 aliphatic rings. The number of carbonyl (C=O) groups excluding carboxylic acids is 2. The van der Waals surface area contributed by atoms with Gasteiger partial charge in [-0.15, -0.1) is 0 Å². The number of ether oxygens (including phenoxy) is 2. The van der Waals surface area contributed by atoms with Gasteiger partial charge in [0, 0.05) is 31.3 Å². The van der Waals surface area contributed by atoms with Crippen LogP contribution in [0.4, 0.5) is 11.4 Å². The summed E-state index contributed by atoms with van der Waals surface area (Å²) in [7, 11) is -1.14. The summed E-state index contributed by atoms with van der Waals surface area (Å²) in [6.45, 7) is 2.27. The Morgan fingerprint density at radius 2 is 1.74 bits per heavy atom. The van der Waals surface area contributed by atoms with E-state index < -0.39 is 22.5 Å². The normalized spacial score (nSPS) is 13.3. The molecule has 0 aromatic heterocycles. The third kappa shape index (κ3) is 5.91. The number of aryl methyl sites for hydroxylation is 1. The van der Waals surface area contributed by atoms with E-state index in [1.807, 2.05) is 31.2 Å². The lowest BCUT2D eigenvalue weighted by molar-refractivity contribution is -0.120. The molecule has 3 aromatic rings. The summed E-state index contributed by atoms with van der Waals surface area (Å²) < 4.78 is 39.0. The molecule has 9 nitrogen and oxygen atoms in total. The average Bonchev–Trinajstić information content (AvgIpc) is 3.36. The third-order valence-corrected chi connectivity index (χ3v) is 8.12. The van der Waals surface area contributed by atoms with Crippen molar-refractivity contribution >= 4 is 33.2 Å². The molecule has 0 unspecified atom stereocenters. The fraction of sp³-hybridized carbons (Fsp3) is 0.286. The largest absolute Gasteiger partial charge is 0.493 e. The maximum Gasteiger partial charge on any atom is 0.264 e. The molecule has 10 heteroatoms. The lowest BCUT2D eigenvalue weighted by Crippen LogP contribution is -2.40. The Morgan fingerprint density at radius 1 is 1.00 bits per heavy atom. The first-order chi connectivity index (χ1) is 18.2. The molecule has 0 aliphatic carbocycles. The lowest BCUT2D eigenvalue weighted by atomic mass is 10.2. The van der Waals surface area contributed by atoms with Crippen LogP contribution in [0.5, 0.6) is 11.5 Å². The van der Waals surface area contributed by atoms with E-state index in [-0.39, 0.29) is 23.0 Å². The zero-order chi connectivity index (χ0) is 27.3. The molecule has 1 N–H and O–H groups in total. The van der Waals surface area contributed by atoms with E-state index in [9.17, 15) is 18.0 Å². The fourth-order valence-electron chi connectivity index (χ4n) is 4.28. The van der Waals surface area contributed by atoms with Crippen LogP contribution in [0.2, 0.25) is 0 Å². The van der Waals surface area contributed by atoms with Gasteiger partial charge in [0.2, 0.25) is 11.8 Å². The summed E-state index contributed by atoms with van der Waals surface area (Å²) in [6, 6.07) is 18.5. The van der Waals surface area contributed by atoms with Crippen LogP contribution >= 0.6 is 0 Å². The molecule has 3 aromatic carbocycles. The van der Waals surface area contributed by atoms with E-state index in [1.54, 1.807) is 29.2 Å². The van der Waals surface area contributed by atoms with Gasteiger partial charge in [0.15, 0.2) is 11.5 Å². The second kappa shape index (κ2) is 11.6. The van der Waals surface area contributed by atoms with Gasteiger partial charge in [-0.1, -0.05) is 29.8 Å². The first-order valence-corrected chi connectivity index (χ1v) is 13.6. The van der Waals surface area contributed by atoms with Gasteiger partial charge in [-0.05, 0) is 55.3 Å². The first kappa shape index (κ1) is 27.0. The van der Waals surface area contributed by atoms with Crippen LogP contribution in [0.3, 0.4) is 0 Å². The number of nitrogens with zero attached hydrogens (tertiary/aromatic N) is 2. The van der Waals surface area contributed by atoms with Crippen molar-refractivity contribution in [3.8, 4) is 11.5 Å². The highest BCUT2D eigenvalue weighted by molar-refractivity contribution is 7.92. The molecular weight excluding hydrogens is 506 g/mol. The highest BCUT2D eigenvalue weighted by Crippen LogP contribution is 2.34. The molecule has 0 bridgehead atoms. The number of nitrogens with one attached hydrogen (secondary N) is 1. The van der Waals surface area contributed by atoms with Crippen molar-refractivity contribution in [2.75, 3.05) is 36.5 Å². The number of hydrogen-bond donors (Lipinski definition) is 1. The SMILES string of the molecule is COc1ccc(N(CC(=O)NCc2cccc(N3CCCC3=O)c2)S(=O)(=O)c2ccc(C)cc2)cc1OC. The molecule has 1 heterocycles. The number of methoxy groups -OCH3 is 2. The fourth-order valence-corrected chi connectivity index (χ4v) is 5.69. The van der Waals surface area contributed by atoms with Crippen LogP contribution in [-0.2, 0) is 26.2 Å². The van der Waals surface area contributed by atoms with Gasteiger partial charge in [0.05, 0.1) is 24.8 Å². The smallest absolute Gasteiger partial charge is 0.264 e. The Labute approximate surface area is 223 Å². The van der Waals surface area contributed by atoms with Crippen molar-refractivity contribution in [1.82, 2.24) is 5.32 Å². The summed E-state index contributed by atoms with van der Waals surface area (Å²) in [5, 5.41) is 2.81. The van der Waals surface area contributed by atoms with Crippen molar-refractivity contribution in [3.63, 3.8) is 0 Å². The molecule has 200 valence electrons. The number of anilines is 2. The maximum absolute atomic E-state index is 13.7. The minimum atomic E-state index is -4.09. The monoisotopic (exact) mass is 537 g/mol. The molecule has 1 saturated heterocycles. The summed E-state index contributed by atoms with van der Waals surface area (Å²) in [6.07, 6.45) is 1.35. The molecule has 38 heavy (non-hydrogen) atoms. The van der Waals surface area contributed by atoms with Crippen molar-refractivity contribution in [3.05, 3.63) is 77.9 Å². The van der Waals surface area contributed by atoms with E-state index in [1.165, 1.54) is 32.4 Å². The number of benzene rings is 3. The average molecular weight is 538 g/mol. The van der Waals surface area contributed by atoms with Gasteiger partial charge >= 0.3 is 0 Å². The molecule has 0 saturated carbocycles. The van der Waals surface area contributed by atoms with E-state index >= 15 is 0 Å². The molecule has 1 aliphatic heterocycles. The van der Waals surface area contributed by atoms with Crippen LogP contribution < -0.4 is 24.0 Å². The number of rotatable bonds is 10. The molecule has 2 amide bonds. The quantitative estimate of drug-likeness (QED) is 0.423. The highest BCUT2D eigenvalue weighted by Gasteiger charge is 2.28. The highest BCUT2D eigenvalue weighted by atomic mass is 32.2. The van der Waals surface area contributed by atoms with Gasteiger partial charge in [0.1, 0.15) is 6.54 Å². The summed E-state index contributed by atoms with van der Waals surface area (Å²) >= 11 is 0. The molecule has 0 spiro atoms. The number of carbonyl (C=O) groups is 2. The van der Waals surface area contributed by atoms with Crippen LogP contribution in [-0.4, -0.2) is 47.5 Å². The first-order valence-electron chi connectivity index (χ1n) is 12.2. The Kier molecular flexibility index (Phi) is 8.21. The molecule has 1 fully saturated rings. The second-order valence-electron chi connectivity index (χ2n) is 8.96. The minimum absolute atomic E-state index is 0.0636. The van der Waals surface area contributed by atoms with Crippen molar-refractivity contribution < 1.29 is 27.5 Å². The minimum Gasteiger partial charge on any atom is -0.493 e. The van der Waals surface area contributed by atoms with Crippen LogP contribution in [0.1, 0.15) is 24.0 Å². The van der Waals surface area contributed by atoms with Gasteiger partial charge in [-0.2, -0.15) is 0 Å².